The van der Waals surface area contributed by atoms with Gasteiger partial charge in [0.2, 0.25) is 5.91 Å². The molecule has 6 nitrogen and oxygen atoms in total. The van der Waals surface area contributed by atoms with E-state index in [0.717, 1.165) is 11.3 Å². The van der Waals surface area contributed by atoms with Crippen molar-refractivity contribution >= 4 is 11.8 Å². The fourth-order valence-electron chi connectivity index (χ4n) is 3.32. The molecule has 0 saturated heterocycles. The van der Waals surface area contributed by atoms with E-state index in [1.54, 1.807) is 19.1 Å². The number of likely N-dealkylation sites (N-methyl/N-ethyl adjacent to an activating group) is 1. The number of hydrogen-bond donors (Lipinski definition) is 0. The Morgan fingerprint density at radius 3 is 2.58 bits per heavy atom. The normalized spacial score (nSPS) is 21.0. The molecule has 3 rings (SSSR count). The molecule has 128 valence electrons. The molecule has 0 radical (unpaired) electrons. The first-order valence-corrected chi connectivity index (χ1v) is 8.14. The van der Waals surface area contributed by atoms with Crippen molar-refractivity contribution in [2.45, 2.75) is 19.5 Å². The summed E-state index contributed by atoms with van der Waals surface area (Å²) in [6.45, 7) is 4.04. The third-order valence-electron chi connectivity index (χ3n) is 4.70. The second-order valence-electron chi connectivity index (χ2n) is 6.20. The van der Waals surface area contributed by atoms with E-state index in [1.165, 1.54) is 4.90 Å². The van der Waals surface area contributed by atoms with Crippen molar-refractivity contribution in [1.29, 1.82) is 0 Å². The van der Waals surface area contributed by atoms with Crippen LogP contribution in [0.2, 0.25) is 0 Å². The molecule has 0 fully saturated rings. The van der Waals surface area contributed by atoms with Crippen LogP contribution in [0, 0.1) is 0 Å². The largest absolute Gasteiger partial charge is 0.383 e. The second kappa shape index (κ2) is 6.65. The van der Waals surface area contributed by atoms with Gasteiger partial charge in [0.1, 0.15) is 11.7 Å². The number of carbonyl (C=O) groups is 2. The predicted molar refractivity (Wildman–Crippen MR) is 89.7 cm³/mol. The van der Waals surface area contributed by atoms with Crippen LogP contribution >= 0.6 is 0 Å². The Hall–Kier alpha value is -2.34. The molecular weight excluding hydrogens is 306 g/mol. The van der Waals surface area contributed by atoms with Crippen LogP contribution in [0.3, 0.4) is 0 Å². The lowest BCUT2D eigenvalue weighted by molar-refractivity contribution is -0.138. The van der Waals surface area contributed by atoms with Gasteiger partial charge >= 0.3 is 0 Å². The summed E-state index contributed by atoms with van der Waals surface area (Å²) in [4.78, 5) is 30.6. The van der Waals surface area contributed by atoms with Crippen LogP contribution in [-0.4, -0.2) is 66.4 Å². The summed E-state index contributed by atoms with van der Waals surface area (Å²) in [6, 6.07) is 9.72. The van der Waals surface area contributed by atoms with Crippen molar-refractivity contribution in [2.24, 2.45) is 0 Å². The molecule has 2 heterocycles. The number of rotatable bonds is 5. The Morgan fingerprint density at radius 2 is 1.92 bits per heavy atom. The highest BCUT2D eigenvalue weighted by atomic mass is 16.5. The van der Waals surface area contributed by atoms with Crippen molar-refractivity contribution in [1.82, 2.24) is 14.7 Å². The van der Waals surface area contributed by atoms with E-state index in [0.29, 0.717) is 31.9 Å². The van der Waals surface area contributed by atoms with Crippen LogP contribution < -0.4 is 0 Å². The molecule has 6 heteroatoms. The van der Waals surface area contributed by atoms with E-state index in [2.05, 4.69) is 4.90 Å². The molecule has 1 unspecified atom stereocenters. The lowest BCUT2D eigenvalue weighted by atomic mass is 10.1. The Kier molecular flexibility index (Phi) is 4.57. The topological polar surface area (TPSA) is 53.1 Å². The summed E-state index contributed by atoms with van der Waals surface area (Å²) in [7, 11) is 3.30. The van der Waals surface area contributed by atoms with Crippen molar-refractivity contribution < 1.29 is 14.3 Å². The molecular formula is C18H23N3O3. The van der Waals surface area contributed by atoms with E-state index >= 15 is 0 Å². The SMILES string of the molecule is COCCN1CC2=C(C1=O)N(C)C(=O)C(C)N2Cc1ccccc1. The number of hydrogen-bond acceptors (Lipinski definition) is 4. The fourth-order valence-corrected chi connectivity index (χ4v) is 3.32. The van der Waals surface area contributed by atoms with Crippen LogP contribution in [0.4, 0.5) is 0 Å². The maximum absolute atomic E-state index is 12.7. The molecule has 1 aromatic rings. The lowest BCUT2D eigenvalue weighted by Crippen LogP contribution is -2.50. The zero-order valence-corrected chi connectivity index (χ0v) is 14.4. The van der Waals surface area contributed by atoms with Gasteiger partial charge in [-0.15, -0.1) is 0 Å². The standard InChI is InChI=1S/C18H23N3O3/c1-13-17(22)19(2)16-15(12-20(18(16)23)9-10-24-3)21(13)11-14-7-5-4-6-8-14/h4-8,13H,9-12H2,1-3H3. The van der Waals surface area contributed by atoms with Crippen molar-refractivity contribution in [2.75, 3.05) is 33.9 Å². The van der Waals surface area contributed by atoms with Gasteiger partial charge in [-0.2, -0.15) is 0 Å². The first-order valence-electron chi connectivity index (χ1n) is 8.14. The van der Waals surface area contributed by atoms with Crippen molar-refractivity contribution in [3.05, 3.63) is 47.3 Å². The first kappa shape index (κ1) is 16.5. The third kappa shape index (κ3) is 2.78. The highest BCUT2D eigenvalue weighted by molar-refractivity contribution is 6.02. The quantitative estimate of drug-likeness (QED) is 0.810. The van der Waals surface area contributed by atoms with Crippen molar-refractivity contribution in [3.63, 3.8) is 0 Å². The zero-order valence-electron chi connectivity index (χ0n) is 14.4. The highest BCUT2D eigenvalue weighted by Crippen LogP contribution is 2.32. The van der Waals surface area contributed by atoms with Crippen LogP contribution in [0.1, 0.15) is 12.5 Å². The van der Waals surface area contributed by atoms with Crippen molar-refractivity contribution in [3.8, 4) is 0 Å². The number of methoxy groups -OCH3 is 1. The fraction of sp³-hybridized carbons (Fsp3) is 0.444. The van der Waals surface area contributed by atoms with Crippen LogP contribution in [0.5, 0.6) is 0 Å². The third-order valence-corrected chi connectivity index (χ3v) is 4.70. The maximum atomic E-state index is 12.7. The van der Waals surface area contributed by atoms with Gasteiger partial charge in [0.15, 0.2) is 0 Å². The molecule has 0 aliphatic carbocycles. The van der Waals surface area contributed by atoms with Crippen LogP contribution in [-0.2, 0) is 20.9 Å². The van der Waals surface area contributed by atoms with Crippen LogP contribution in [0.25, 0.3) is 0 Å². The van der Waals surface area contributed by atoms with E-state index < -0.39 is 0 Å². The summed E-state index contributed by atoms with van der Waals surface area (Å²) in [5, 5.41) is 0. The first-order chi connectivity index (χ1) is 11.5. The minimum Gasteiger partial charge on any atom is -0.383 e. The maximum Gasteiger partial charge on any atom is 0.272 e. The van der Waals surface area contributed by atoms with E-state index in [4.69, 9.17) is 4.74 Å². The van der Waals surface area contributed by atoms with Gasteiger partial charge in [-0.25, -0.2) is 0 Å². The monoisotopic (exact) mass is 329 g/mol. The Balaban J connectivity index is 1.91. The van der Waals surface area contributed by atoms with E-state index in [9.17, 15) is 9.59 Å². The summed E-state index contributed by atoms with van der Waals surface area (Å²) in [5.74, 6) is -0.144. The average Bonchev–Trinajstić information content (AvgIpc) is 2.92. The number of ether oxygens (including phenoxy) is 1. The van der Waals surface area contributed by atoms with Gasteiger partial charge in [-0.05, 0) is 12.5 Å². The molecule has 2 aliphatic rings. The molecule has 0 spiro atoms. The number of carbonyl (C=O) groups excluding carboxylic acids is 2. The van der Waals surface area contributed by atoms with Gasteiger partial charge in [0.25, 0.3) is 5.91 Å². The summed E-state index contributed by atoms with van der Waals surface area (Å²) in [6.07, 6.45) is 0. The molecule has 0 N–H and O–H groups in total. The summed E-state index contributed by atoms with van der Waals surface area (Å²) >= 11 is 0. The molecule has 1 aromatic carbocycles. The smallest absolute Gasteiger partial charge is 0.272 e. The van der Waals surface area contributed by atoms with Gasteiger partial charge < -0.3 is 19.4 Å². The minimum absolute atomic E-state index is 0.0494. The van der Waals surface area contributed by atoms with E-state index in [1.807, 2.05) is 37.3 Å². The minimum atomic E-state index is -0.288. The average molecular weight is 329 g/mol. The molecule has 2 amide bonds. The van der Waals surface area contributed by atoms with Crippen LogP contribution in [0.15, 0.2) is 41.7 Å². The number of nitrogens with zero attached hydrogens (tertiary/aromatic N) is 3. The Morgan fingerprint density at radius 1 is 1.21 bits per heavy atom. The number of benzene rings is 1. The van der Waals surface area contributed by atoms with Gasteiger partial charge in [-0.3, -0.25) is 9.59 Å². The Labute approximate surface area is 142 Å². The van der Waals surface area contributed by atoms with Gasteiger partial charge in [0, 0.05) is 27.2 Å². The van der Waals surface area contributed by atoms with E-state index in [-0.39, 0.29) is 17.9 Å². The summed E-state index contributed by atoms with van der Waals surface area (Å²) in [5.41, 5.74) is 2.55. The molecule has 1 atom stereocenters. The molecule has 0 aromatic heterocycles. The molecule has 0 bridgehead atoms. The molecule has 0 saturated carbocycles. The van der Waals surface area contributed by atoms with Gasteiger partial charge in [0.05, 0.1) is 18.8 Å². The highest BCUT2D eigenvalue weighted by Gasteiger charge is 2.44. The Bertz CT molecular complexity index is 671. The summed E-state index contributed by atoms with van der Waals surface area (Å²) < 4.78 is 5.09. The predicted octanol–water partition coefficient (Wildman–Crippen LogP) is 1.05. The van der Waals surface area contributed by atoms with Gasteiger partial charge in [-0.1, -0.05) is 30.3 Å². The number of amides is 2. The molecule has 2 aliphatic heterocycles. The zero-order chi connectivity index (χ0) is 17.3. The lowest BCUT2D eigenvalue weighted by Gasteiger charge is -2.38. The molecule has 24 heavy (non-hydrogen) atoms. The second-order valence-corrected chi connectivity index (χ2v) is 6.20.